The second kappa shape index (κ2) is 17.3. The van der Waals surface area contributed by atoms with Gasteiger partial charge >= 0.3 is 11.4 Å². The number of nitrogens with zero attached hydrogens (tertiary/aromatic N) is 6. The SMILES string of the molecule is CCCSC1=C(SCCC)C(=O)c2c(c(CC)nc3c2c(=O)n(C)c(=O)n3C)C1=O.CCCSC1=CC(=O)c2c(c(CC)nc3c2c(=O)n(C)c(=O)n3C)C1=O. The average Bonchev–Trinajstić information content (AvgIpc) is 3.20. The fourth-order valence-electron chi connectivity index (χ4n) is 6.55. The van der Waals surface area contributed by atoms with Crippen molar-refractivity contribution < 1.29 is 19.2 Å². The maximum Gasteiger partial charge on any atom is 0.332 e. The van der Waals surface area contributed by atoms with Gasteiger partial charge < -0.3 is 0 Å². The monoisotopic (exact) mass is 820 g/mol. The number of fused-ring (bicyclic) bond motifs is 6. The maximum atomic E-state index is 13.7. The van der Waals surface area contributed by atoms with E-state index in [1.54, 1.807) is 0 Å². The molecule has 2 aliphatic rings. The molecule has 14 nitrogen and oxygen atoms in total. The number of carbonyl (C=O) groups excluding carboxylic acids is 4. The van der Waals surface area contributed by atoms with Gasteiger partial charge in [-0.25, -0.2) is 19.6 Å². The third-order valence-corrected chi connectivity index (χ3v) is 13.3. The molecular weight excluding hydrogens is 777 g/mol. The van der Waals surface area contributed by atoms with E-state index in [-0.39, 0.29) is 61.7 Å². The van der Waals surface area contributed by atoms with Gasteiger partial charge in [-0.05, 0) is 49.4 Å². The van der Waals surface area contributed by atoms with Crippen molar-refractivity contribution in [2.75, 3.05) is 17.3 Å². The van der Waals surface area contributed by atoms with E-state index in [4.69, 9.17) is 0 Å². The van der Waals surface area contributed by atoms with Crippen molar-refractivity contribution in [3.05, 3.63) is 96.1 Å². The number of hydrogen-bond acceptors (Lipinski definition) is 13. The summed E-state index contributed by atoms with van der Waals surface area (Å²) in [5.74, 6) is 0.900. The summed E-state index contributed by atoms with van der Waals surface area (Å²) in [6, 6.07) is 0. The number of Topliss-reactive ketones (excluding diaryl/α,β-unsaturated/α-hetero) is 3. The van der Waals surface area contributed by atoms with Crippen LogP contribution in [-0.4, -0.2) is 68.6 Å². The molecule has 56 heavy (non-hydrogen) atoms. The second-order valence-electron chi connectivity index (χ2n) is 13.2. The van der Waals surface area contributed by atoms with Crippen LogP contribution in [-0.2, 0) is 41.0 Å². The lowest BCUT2D eigenvalue weighted by atomic mass is 9.90. The summed E-state index contributed by atoms with van der Waals surface area (Å²) in [6.07, 6.45) is 4.70. The number of pyridine rings is 2. The van der Waals surface area contributed by atoms with Crippen LogP contribution in [0.1, 0.15) is 107 Å². The molecule has 4 aromatic heterocycles. The molecule has 0 aromatic carbocycles. The first-order valence-electron chi connectivity index (χ1n) is 18.4. The van der Waals surface area contributed by atoms with Crippen LogP contribution in [0, 0.1) is 0 Å². The lowest BCUT2D eigenvalue weighted by Crippen LogP contribution is -2.39. The molecule has 0 radical (unpaired) electrons. The number of aryl methyl sites for hydroxylation is 4. The molecule has 0 fully saturated rings. The Morgan fingerprint density at radius 3 is 1.32 bits per heavy atom. The molecule has 0 saturated carbocycles. The predicted octanol–water partition coefficient (Wildman–Crippen LogP) is 4.67. The molecule has 0 spiro atoms. The van der Waals surface area contributed by atoms with Gasteiger partial charge in [0, 0.05) is 34.3 Å². The molecule has 0 amide bonds. The van der Waals surface area contributed by atoms with E-state index in [0.717, 1.165) is 39.9 Å². The number of aromatic nitrogens is 6. The molecule has 296 valence electrons. The Balaban J connectivity index is 0.000000216. The van der Waals surface area contributed by atoms with Crippen LogP contribution < -0.4 is 22.5 Å². The molecular formula is C39H44N6O8S3. The summed E-state index contributed by atoms with van der Waals surface area (Å²) < 4.78 is 4.38. The van der Waals surface area contributed by atoms with Gasteiger partial charge in [0.1, 0.15) is 11.3 Å². The largest absolute Gasteiger partial charge is 0.332 e. The number of allylic oxidation sites excluding steroid dienone is 4. The summed E-state index contributed by atoms with van der Waals surface area (Å²) in [5, 5.41) is 0.0650. The van der Waals surface area contributed by atoms with Crippen molar-refractivity contribution in [1.29, 1.82) is 0 Å². The molecule has 4 aromatic rings. The van der Waals surface area contributed by atoms with Crippen molar-refractivity contribution in [3.8, 4) is 0 Å². The van der Waals surface area contributed by atoms with Crippen LogP contribution in [0.15, 0.2) is 40.0 Å². The predicted molar refractivity (Wildman–Crippen MR) is 224 cm³/mol. The Kier molecular flexibility index (Phi) is 13.1. The molecule has 2 aliphatic carbocycles. The van der Waals surface area contributed by atoms with E-state index in [2.05, 4.69) is 9.97 Å². The van der Waals surface area contributed by atoms with E-state index >= 15 is 0 Å². The Bertz CT molecular complexity index is 2680. The van der Waals surface area contributed by atoms with Crippen molar-refractivity contribution in [1.82, 2.24) is 28.2 Å². The zero-order valence-corrected chi connectivity index (χ0v) is 35.4. The first-order chi connectivity index (χ1) is 26.6. The number of hydrogen-bond donors (Lipinski definition) is 0. The first-order valence-corrected chi connectivity index (χ1v) is 21.4. The van der Waals surface area contributed by atoms with E-state index in [1.807, 2.05) is 34.6 Å². The van der Waals surface area contributed by atoms with E-state index in [9.17, 15) is 38.4 Å². The van der Waals surface area contributed by atoms with Crippen molar-refractivity contribution in [2.24, 2.45) is 28.2 Å². The van der Waals surface area contributed by atoms with Crippen LogP contribution >= 0.6 is 35.3 Å². The van der Waals surface area contributed by atoms with Crippen molar-refractivity contribution >= 4 is 80.5 Å². The third-order valence-electron chi connectivity index (χ3n) is 9.39. The standard InChI is InChI=1S/C21H25N3O4S2.C18H19N3O4S/c1-6-9-29-17-15(25)12-11(8-3)22-19-14(20(27)24(5)21(28)23(19)4)13(12)16(26)18(17)30-10-7-2;1-5-7-26-11-8-10(22)13-12(15(11)23)9(6-2)19-16-14(13)17(24)21(4)18(25)20(16)3/h6-10H2,1-5H3;8H,5-7H2,1-4H3. The maximum absolute atomic E-state index is 13.7. The third kappa shape index (κ3) is 7.13. The lowest BCUT2D eigenvalue weighted by Gasteiger charge is -2.23. The molecule has 0 saturated heterocycles. The van der Waals surface area contributed by atoms with Crippen LogP contribution in [0.5, 0.6) is 0 Å². The highest BCUT2D eigenvalue weighted by molar-refractivity contribution is 8.08. The van der Waals surface area contributed by atoms with Gasteiger partial charge in [-0.15, -0.1) is 35.3 Å². The number of thioether (sulfide) groups is 3. The molecule has 17 heteroatoms. The highest BCUT2D eigenvalue weighted by Crippen LogP contribution is 2.41. The summed E-state index contributed by atoms with van der Waals surface area (Å²) in [5.41, 5.74) is -0.562. The molecule has 0 N–H and O–H groups in total. The van der Waals surface area contributed by atoms with E-state index < -0.39 is 28.3 Å². The van der Waals surface area contributed by atoms with E-state index in [1.165, 1.54) is 78.7 Å². The van der Waals surface area contributed by atoms with Gasteiger partial charge in [-0.3, -0.25) is 47.0 Å². The Morgan fingerprint density at radius 2 is 0.893 bits per heavy atom. The number of rotatable bonds is 11. The van der Waals surface area contributed by atoms with Gasteiger partial charge in [-0.1, -0.05) is 34.6 Å². The summed E-state index contributed by atoms with van der Waals surface area (Å²) in [7, 11) is 5.72. The minimum absolute atomic E-state index is 0.0240. The van der Waals surface area contributed by atoms with Crippen LogP contribution in [0.2, 0.25) is 0 Å². The molecule has 0 bridgehead atoms. The highest BCUT2D eigenvalue weighted by atomic mass is 32.2. The Labute approximate surface area is 334 Å². The fraction of sp³-hybridized carbons (Fsp3) is 0.436. The molecule has 6 rings (SSSR count). The van der Waals surface area contributed by atoms with Gasteiger partial charge in [0.2, 0.25) is 17.3 Å². The highest BCUT2D eigenvalue weighted by Gasteiger charge is 2.38. The molecule has 0 aliphatic heterocycles. The van der Waals surface area contributed by atoms with Gasteiger partial charge in [-0.2, -0.15) is 0 Å². The van der Waals surface area contributed by atoms with Crippen LogP contribution in [0.3, 0.4) is 0 Å². The normalized spacial score (nSPS) is 14.0. The summed E-state index contributed by atoms with van der Waals surface area (Å²) >= 11 is 4.09. The van der Waals surface area contributed by atoms with Crippen LogP contribution in [0.4, 0.5) is 0 Å². The second-order valence-corrected chi connectivity index (χ2v) is 16.5. The molecule has 0 atom stereocenters. The Morgan fingerprint density at radius 1 is 0.500 bits per heavy atom. The lowest BCUT2D eigenvalue weighted by molar-refractivity contribution is 0.0988. The summed E-state index contributed by atoms with van der Waals surface area (Å²) in [4.78, 5) is 114. The van der Waals surface area contributed by atoms with Gasteiger partial charge in [0.05, 0.1) is 59.1 Å². The minimum Gasteiger partial charge on any atom is -0.289 e. The molecule has 4 heterocycles. The average molecular weight is 821 g/mol. The van der Waals surface area contributed by atoms with Gasteiger partial charge in [0.15, 0.2) is 5.78 Å². The molecule has 0 unspecified atom stereocenters. The van der Waals surface area contributed by atoms with Crippen molar-refractivity contribution in [3.63, 3.8) is 0 Å². The number of carbonyl (C=O) groups is 4. The van der Waals surface area contributed by atoms with Crippen LogP contribution in [0.25, 0.3) is 22.1 Å². The van der Waals surface area contributed by atoms with Crippen molar-refractivity contribution in [2.45, 2.75) is 66.7 Å². The van der Waals surface area contributed by atoms with E-state index in [0.29, 0.717) is 44.7 Å². The zero-order chi connectivity index (χ0) is 41.3. The topological polar surface area (TPSA) is 182 Å². The Hall–Kier alpha value is -4.61. The zero-order valence-electron chi connectivity index (χ0n) is 32.9. The first kappa shape index (κ1) is 42.5. The summed E-state index contributed by atoms with van der Waals surface area (Å²) in [6.45, 7) is 9.69. The minimum atomic E-state index is -0.617. The quantitative estimate of drug-likeness (QED) is 0.204. The fourth-order valence-corrected chi connectivity index (χ4v) is 9.48. The smallest absolute Gasteiger partial charge is 0.289 e. The number of ketones is 4. The van der Waals surface area contributed by atoms with Gasteiger partial charge in [0.25, 0.3) is 11.1 Å².